The summed E-state index contributed by atoms with van der Waals surface area (Å²) < 4.78 is 78.2. The third-order valence-corrected chi connectivity index (χ3v) is 4.54. The van der Waals surface area contributed by atoms with Crippen LogP contribution in [0.2, 0.25) is 0 Å². The van der Waals surface area contributed by atoms with Crippen molar-refractivity contribution in [1.29, 1.82) is 0 Å². The van der Waals surface area contributed by atoms with E-state index in [1.807, 2.05) is 0 Å². The molecular weight excluding hydrogens is 416 g/mol. The molecule has 0 N–H and O–H groups in total. The van der Waals surface area contributed by atoms with Gasteiger partial charge in [0.25, 0.3) is 0 Å². The number of amides is 1. The first-order chi connectivity index (χ1) is 14.0. The van der Waals surface area contributed by atoms with Crippen molar-refractivity contribution in [2.75, 3.05) is 31.1 Å². The molecule has 0 spiro atoms. The van der Waals surface area contributed by atoms with Crippen LogP contribution in [-0.2, 0) is 17.4 Å². The summed E-state index contributed by atoms with van der Waals surface area (Å²) in [5, 5.41) is 0. The maximum absolute atomic E-state index is 12.6. The van der Waals surface area contributed by atoms with Gasteiger partial charge >= 0.3 is 12.5 Å². The molecule has 11 heteroatoms. The third kappa shape index (κ3) is 5.77. The van der Waals surface area contributed by atoms with Crippen LogP contribution in [0.1, 0.15) is 11.1 Å². The number of hydrogen-bond acceptors (Lipinski definition) is 4. The Labute approximate surface area is 167 Å². The number of aromatic nitrogens is 1. The highest BCUT2D eigenvalue weighted by Crippen LogP contribution is 2.29. The summed E-state index contributed by atoms with van der Waals surface area (Å²) in [5.41, 5.74) is -0.284. The first-order valence-electron chi connectivity index (χ1n) is 8.92. The number of ether oxygens (including phenoxy) is 1. The van der Waals surface area contributed by atoms with E-state index in [0.29, 0.717) is 37.6 Å². The van der Waals surface area contributed by atoms with Gasteiger partial charge in [0.1, 0.15) is 11.6 Å². The average molecular weight is 433 g/mol. The lowest BCUT2D eigenvalue weighted by Gasteiger charge is -2.35. The van der Waals surface area contributed by atoms with E-state index in [9.17, 15) is 31.1 Å². The Kier molecular flexibility index (Phi) is 6.09. The minimum Gasteiger partial charge on any atom is -0.406 e. The Bertz CT molecular complexity index is 858. The SMILES string of the molecule is O=C(Cc1ccc(OC(F)(F)F)cc1)N1CCN(c2ccc(C(F)(F)F)cn2)CC1. The third-order valence-electron chi connectivity index (χ3n) is 4.54. The van der Waals surface area contributed by atoms with Crippen molar-refractivity contribution in [1.82, 2.24) is 9.88 Å². The maximum Gasteiger partial charge on any atom is 0.573 e. The fourth-order valence-electron chi connectivity index (χ4n) is 3.02. The van der Waals surface area contributed by atoms with Crippen LogP contribution in [0, 0.1) is 0 Å². The van der Waals surface area contributed by atoms with E-state index in [1.54, 1.807) is 9.80 Å². The Morgan fingerprint density at radius 1 is 0.933 bits per heavy atom. The topological polar surface area (TPSA) is 45.7 Å². The summed E-state index contributed by atoms with van der Waals surface area (Å²) >= 11 is 0. The standard InChI is InChI=1S/C19H17F6N3O2/c20-18(21,22)14-3-6-16(26-12-14)27-7-9-28(10-8-27)17(29)11-13-1-4-15(5-2-13)30-19(23,24)25/h1-6,12H,7-11H2. The molecular formula is C19H17F6N3O2. The lowest BCUT2D eigenvalue weighted by Crippen LogP contribution is -2.49. The molecule has 0 bridgehead atoms. The summed E-state index contributed by atoms with van der Waals surface area (Å²) in [4.78, 5) is 19.7. The molecule has 0 atom stereocenters. The summed E-state index contributed by atoms with van der Waals surface area (Å²) in [6, 6.07) is 7.33. The number of carbonyl (C=O) groups is 1. The molecule has 1 aliphatic heterocycles. The van der Waals surface area contributed by atoms with Crippen molar-refractivity contribution in [2.24, 2.45) is 0 Å². The molecule has 1 saturated heterocycles. The van der Waals surface area contributed by atoms with Gasteiger partial charge in [-0.3, -0.25) is 4.79 Å². The second-order valence-electron chi connectivity index (χ2n) is 6.64. The van der Waals surface area contributed by atoms with E-state index in [4.69, 9.17) is 0 Å². The van der Waals surface area contributed by atoms with Crippen molar-refractivity contribution < 1.29 is 35.9 Å². The lowest BCUT2D eigenvalue weighted by molar-refractivity contribution is -0.274. The van der Waals surface area contributed by atoms with E-state index in [2.05, 4.69) is 9.72 Å². The number of piperazine rings is 1. The molecule has 1 aromatic heterocycles. The first kappa shape index (κ1) is 21.7. The molecule has 0 aliphatic carbocycles. The second-order valence-corrected chi connectivity index (χ2v) is 6.64. The molecule has 2 aromatic rings. The number of alkyl halides is 6. The Morgan fingerprint density at radius 3 is 2.07 bits per heavy atom. The van der Waals surface area contributed by atoms with Gasteiger partial charge in [-0.05, 0) is 29.8 Å². The van der Waals surface area contributed by atoms with Crippen molar-refractivity contribution in [2.45, 2.75) is 19.0 Å². The molecule has 1 amide bonds. The predicted molar refractivity (Wildman–Crippen MR) is 94.9 cm³/mol. The van der Waals surface area contributed by atoms with Gasteiger partial charge in [0, 0.05) is 32.4 Å². The van der Waals surface area contributed by atoms with Crippen molar-refractivity contribution in [3.05, 3.63) is 53.7 Å². The van der Waals surface area contributed by atoms with E-state index >= 15 is 0 Å². The highest BCUT2D eigenvalue weighted by Gasteiger charge is 2.32. The molecule has 5 nitrogen and oxygen atoms in total. The number of anilines is 1. The lowest BCUT2D eigenvalue weighted by atomic mass is 10.1. The smallest absolute Gasteiger partial charge is 0.406 e. The van der Waals surface area contributed by atoms with Crippen LogP contribution in [0.4, 0.5) is 32.2 Å². The van der Waals surface area contributed by atoms with Crippen LogP contribution in [0.15, 0.2) is 42.6 Å². The van der Waals surface area contributed by atoms with Crippen LogP contribution in [0.5, 0.6) is 5.75 Å². The van der Waals surface area contributed by atoms with Gasteiger partial charge in [-0.15, -0.1) is 13.2 Å². The number of carbonyl (C=O) groups excluding carboxylic acids is 1. The number of halogens is 6. The van der Waals surface area contributed by atoms with Crippen LogP contribution >= 0.6 is 0 Å². The average Bonchev–Trinajstić information content (AvgIpc) is 2.68. The molecule has 0 radical (unpaired) electrons. The quantitative estimate of drug-likeness (QED) is 0.687. The highest BCUT2D eigenvalue weighted by molar-refractivity contribution is 5.79. The Morgan fingerprint density at radius 2 is 1.57 bits per heavy atom. The fourth-order valence-corrected chi connectivity index (χ4v) is 3.02. The zero-order valence-corrected chi connectivity index (χ0v) is 15.5. The van der Waals surface area contributed by atoms with Gasteiger partial charge in [0.05, 0.1) is 12.0 Å². The van der Waals surface area contributed by atoms with Gasteiger partial charge in [-0.25, -0.2) is 4.98 Å². The number of benzene rings is 1. The fraction of sp³-hybridized carbons (Fsp3) is 0.368. The molecule has 30 heavy (non-hydrogen) atoms. The van der Waals surface area contributed by atoms with Crippen molar-refractivity contribution >= 4 is 11.7 Å². The van der Waals surface area contributed by atoms with Crippen molar-refractivity contribution in [3.8, 4) is 5.75 Å². The highest BCUT2D eigenvalue weighted by atomic mass is 19.4. The summed E-state index contributed by atoms with van der Waals surface area (Å²) in [7, 11) is 0. The molecule has 162 valence electrons. The molecule has 2 heterocycles. The monoisotopic (exact) mass is 433 g/mol. The largest absolute Gasteiger partial charge is 0.573 e. The maximum atomic E-state index is 12.6. The van der Waals surface area contributed by atoms with Gasteiger partial charge in [0.2, 0.25) is 5.91 Å². The minimum atomic E-state index is -4.78. The van der Waals surface area contributed by atoms with Crippen LogP contribution in [-0.4, -0.2) is 48.3 Å². The van der Waals surface area contributed by atoms with Gasteiger partial charge in [0.15, 0.2) is 0 Å². The normalized spacial score (nSPS) is 15.3. The number of rotatable bonds is 4. The second kappa shape index (κ2) is 8.41. The first-order valence-corrected chi connectivity index (χ1v) is 8.92. The number of hydrogen-bond donors (Lipinski definition) is 0. The van der Waals surface area contributed by atoms with Crippen LogP contribution in [0.3, 0.4) is 0 Å². The van der Waals surface area contributed by atoms with Gasteiger partial charge in [-0.2, -0.15) is 13.2 Å². The van der Waals surface area contributed by atoms with E-state index in [-0.39, 0.29) is 18.1 Å². The van der Waals surface area contributed by atoms with Gasteiger partial charge < -0.3 is 14.5 Å². The van der Waals surface area contributed by atoms with E-state index < -0.39 is 18.1 Å². The molecule has 0 saturated carbocycles. The van der Waals surface area contributed by atoms with E-state index in [0.717, 1.165) is 24.4 Å². The molecule has 1 fully saturated rings. The number of nitrogens with zero attached hydrogens (tertiary/aromatic N) is 3. The van der Waals surface area contributed by atoms with Crippen LogP contribution < -0.4 is 9.64 Å². The van der Waals surface area contributed by atoms with Gasteiger partial charge in [-0.1, -0.05) is 12.1 Å². The minimum absolute atomic E-state index is 0.0187. The Hall–Kier alpha value is -2.98. The summed E-state index contributed by atoms with van der Waals surface area (Å²) in [6.45, 7) is 1.53. The Balaban J connectivity index is 1.51. The van der Waals surface area contributed by atoms with Crippen LogP contribution in [0.25, 0.3) is 0 Å². The zero-order chi connectivity index (χ0) is 21.9. The summed E-state index contributed by atoms with van der Waals surface area (Å²) in [5.74, 6) is -0.161. The molecule has 3 rings (SSSR count). The van der Waals surface area contributed by atoms with E-state index in [1.165, 1.54) is 18.2 Å². The predicted octanol–water partition coefficient (Wildman–Crippen LogP) is 3.89. The molecule has 1 aromatic carbocycles. The molecule has 1 aliphatic rings. The van der Waals surface area contributed by atoms with Crippen molar-refractivity contribution in [3.63, 3.8) is 0 Å². The number of pyridine rings is 1. The zero-order valence-electron chi connectivity index (χ0n) is 15.5. The summed E-state index contributed by atoms with van der Waals surface area (Å²) in [6.07, 6.45) is -8.43. The molecule has 0 unspecified atom stereocenters.